The average Bonchev–Trinajstić information content (AvgIpc) is 2.55. The number of anilines is 1. The number of hydrogen-bond acceptors (Lipinski definition) is 3. The number of benzene rings is 2. The maximum absolute atomic E-state index is 12.4. The van der Waals surface area contributed by atoms with Gasteiger partial charge in [-0.05, 0) is 60.2 Å². The van der Waals surface area contributed by atoms with Crippen LogP contribution in [0.25, 0.3) is 0 Å². The van der Waals surface area contributed by atoms with Crippen LogP contribution in [0.2, 0.25) is 0 Å². The van der Waals surface area contributed by atoms with Crippen LogP contribution in [0.15, 0.2) is 36.4 Å². The quantitative estimate of drug-likeness (QED) is 0.686. The Morgan fingerprint density at radius 2 is 1.91 bits per heavy atom. The predicted molar refractivity (Wildman–Crippen MR) is 101 cm³/mol. The molecule has 0 saturated carbocycles. The third-order valence-corrected chi connectivity index (χ3v) is 4.05. The fourth-order valence-electron chi connectivity index (χ4n) is 2.04. The van der Waals surface area contributed by atoms with Gasteiger partial charge >= 0.3 is 0 Å². The lowest BCUT2D eigenvalue weighted by Crippen LogP contribution is -2.13. The Balaban J connectivity index is 2.23. The first-order valence-corrected chi connectivity index (χ1v) is 8.51. The molecule has 0 heterocycles. The SMILES string of the molecule is CCCOc1c(I)cc(C(=O)Nc2ccc(C)cc2)cc1OC. The van der Waals surface area contributed by atoms with E-state index in [-0.39, 0.29) is 5.91 Å². The van der Waals surface area contributed by atoms with Gasteiger partial charge in [0.2, 0.25) is 0 Å². The Morgan fingerprint density at radius 1 is 1.22 bits per heavy atom. The Morgan fingerprint density at radius 3 is 2.52 bits per heavy atom. The lowest BCUT2D eigenvalue weighted by Gasteiger charge is -2.14. The Hall–Kier alpha value is -1.76. The third kappa shape index (κ3) is 4.60. The highest BCUT2D eigenvalue weighted by Gasteiger charge is 2.15. The molecule has 0 radical (unpaired) electrons. The molecule has 0 aromatic heterocycles. The van der Waals surface area contributed by atoms with E-state index < -0.39 is 0 Å². The van der Waals surface area contributed by atoms with Crippen LogP contribution in [-0.4, -0.2) is 19.6 Å². The summed E-state index contributed by atoms with van der Waals surface area (Å²) in [5, 5.41) is 2.89. The highest BCUT2D eigenvalue weighted by Crippen LogP contribution is 2.34. The maximum Gasteiger partial charge on any atom is 0.255 e. The van der Waals surface area contributed by atoms with Crippen molar-refractivity contribution < 1.29 is 14.3 Å². The molecule has 0 aliphatic carbocycles. The molecule has 0 bridgehead atoms. The fraction of sp³-hybridized carbons (Fsp3) is 0.278. The molecule has 2 aromatic rings. The van der Waals surface area contributed by atoms with Gasteiger partial charge in [-0.1, -0.05) is 24.6 Å². The van der Waals surface area contributed by atoms with E-state index in [1.807, 2.05) is 38.1 Å². The predicted octanol–water partition coefficient (Wildman–Crippen LogP) is 4.65. The zero-order valence-electron chi connectivity index (χ0n) is 13.5. The van der Waals surface area contributed by atoms with E-state index in [2.05, 4.69) is 27.9 Å². The van der Waals surface area contributed by atoms with Gasteiger partial charge in [-0.2, -0.15) is 0 Å². The maximum atomic E-state index is 12.4. The first kappa shape index (κ1) is 17.6. The van der Waals surface area contributed by atoms with E-state index >= 15 is 0 Å². The first-order valence-electron chi connectivity index (χ1n) is 7.43. The molecule has 1 N–H and O–H groups in total. The fourth-order valence-corrected chi connectivity index (χ4v) is 2.79. The lowest BCUT2D eigenvalue weighted by atomic mass is 10.1. The second-order valence-electron chi connectivity index (χ2n) is 5.16. The van der Waals surface area contributed by atoms with E-state index in [9.17, 15) is 4.79 Å². The van der Waals surface area contributed by atoms with Crippen molar-refractivity contribution in [3.63, 3.8) is 0 Å². The minimum atomic E-state index is -0.174. The van der Waals surface area contributed by atoms with Gasteiger partial charge in [0.15, 0.2) is 11.5 Å². The van der Waals surface area contributed by atoms with Crippen molar-refractivity contribution in [3.8, 4) is 11.5 Å². The molecular weight excluding hydrogens is 405 g/mol. The van der Waals surface area contributed by atoms with Crippen LogP contribution in [0, 0.1) is 10.5 Å². The van der Waals surface area contributed by atoms with E-state index in [0.717, 1.165) is 21.2 Å². The number of nitrogens with one attached hydrogen (secondary N) is 1. The summed E-state index contributed by atoms with van der Waals surface area (Å²) in [5.41, 5.74) is 2.45. The van der Waals surface area contributed by atoms with E-state index in [4.69, 9.17) is 9.47 Å². The molecule has 0 spiro atoms. The summed E-state index contributed by atoms with van der Waals surface area (Å²) in [4.78, 5) is 12.4. The number of carbonyl (C=O) groups is 1. The molecule has 23 heavy (non-hydrogen) atoms. The normalized spacial score (nSPS) is 10.3. The first-order chi connectivity index (χ1) is 11.0. The van der Waals surface area contributed by atoms with E-state index in [1.165, 1.54) is 0 Å². The van der Waals surface area contributed by atoms with Crippen LogP contribution in [0.5, 0.6) is 11.5 Å². The van der Waals surface area contributed by atoms with Gasteiger partial charge in [-0.15, -0.1) is 0 Å². The zero-order valence-corrected chi connectivity index (χ0v) is 15.6. The minimum absolute atomic E-state index is 0.174. The second kappa shape index (κ2) is 8.19. The largest absolute Gasteiger partial charge is 0.493 e. The molecule has 2 aromatic carbocycles. The molecule has 0 saturated heterocycles. The van der Waals surface area contributed by atoms with Crippen LogP contribution < -0.4 is 14.8 Å². The van der Waals surface area contributed by atoms with Crippen molar-refractivity contribution in [2.24, 2.45) is 0 Å². The summed E-state index contributed by atoms with van der Waals surface area (Å²) in [7, 11) is 1.58. The second-order valence-corrected chi connectivity index (χ2v) is 6.32. The van der Waals surface area contributed by atoms with Crippen molar-refractivity contribution in [2.45, 2.75) is 20.3 Å². The summed E-state index contributed by atoms with van der Waals surface area (Å²) < 4.78 is 11.9. The molecule has 122 valence electrons. The van der Waals surface area contributed by atoms with E-state index in [1.54, 1.807) is 19.2 Å². The Kier molecular flexibility index (Phi) is 6.27. The lowest BCUT2D eigenvalue weighted by molar-refractivity contribution is 0.102. The number of amides is 1. The van der Waals surface area contributed by atoms with E-state index in [0.29, 0.717) is 23.7 Å². The van der Waals surface area contributed by atoms with Crippen LogP contribution in [0.4, 0.5) is 5.69 Å². The van der Waals surface area contributed by atoms with Gasteiger partial charge in [0.05, 0.1) is 17.3 Å². The number of methoxy groups -OCH3 is 1. The van der Waals surface area contributed by atoms with Crippen molar-refractivity contribution in [1.29, 1.82) is 0 Å². The molecule has 0 aliphatic heterocycles. The topological polar surface area (TPSA) is 47.6 Å². The number of carbonyl (C=O) groups excluding carboxylic acids is 1. The van der Waals surface area contributed by atoms with Crippen LogP contribution in [0.3, 0.4) is 0 Å². The molecule has 0 unspecified atom stereocenters. The van der Waals surface area contributed by atoms with Crippen LogP contribution >= 0.6 is 22.6 Å². The average molecular weight is 425 g/mol. The molecule has 0 aliphatic rings. The Labute approximate surface area is 150 Å². The van der Waals surface area contributed by atoms with Gasteiger partial charge in [0.25, 0.3) is 5.91 Å². The van der Waals surface area contributed by atoms with Gasteiger partial charge in [-0.25, -0.2) is 0 Å². The smallest absolute Gasteiger partial charge is 0.255 e. The molecule has 1 amide bonds. The minimum Gasteiger partial charge on any atom is -0.493 e. The number of ether oxygens (including phenoxy) is 2. The van der Waals surface area contributed by atoms with Gasteiger partial charge in [-0.3, -0.25) is 4.79 Å². The Bertz CT molecular complexity index is 683. The molecule has 0 atom stereocenters. The summed E-state index contributed by atoms with van der Waals surface area (Å²) >= 11 is 2.16. The van der Waals surface area contributed by atoms with Gasteiger partial charge in [0.1, 0.15) is 0 Å². The molecular formula is C18H20INO3. The molecule has 4 nitrogen and oxygen atoms in total. The van der Waals surface area contributed by atoms with Crippen LogP contribution in [-0.2, 0) is 0 Å². The van der Waals surface area contributed by atoms with Crippen molar-refractivity contribution in [1.82, 2.24) is 0 Å². The standard InChI is InChI=1S/C18H20INO3/c1-4-9-23-17-15(19)10-13(11-16(17)22-3)18(21)20-14-7-5-12(2)6-8-14/h5-8,10-11H,4,9H2,1-3H3,(H,20,21). The third-order valence-electron chi connectivity index (χ3n) is 3.25. The summed E-state index contributed by atoms with van der Waals surface area (Å²) in [6.45, 7) is 4.66. The summed E-state index contributed by atoms with van der Waals surface area (Å²) in [5.74, 6) is 1.08. The monoisotopic (exact) mass is 425 g/mol. The number of hydrogen-bond donors (Lipinski definition) is 1. The number of halogens is 1. The van der Waals surface area contributed by atoms with Gasteiger partial charge < -0.3 is 14.8 Å². The zero-order chi connectivity index (χ0) is 16.8. The number of rotatable bonds is 6. The molecule has 0 fully saturated rings. The summed E-state index contributed by atoms with van der Waals surface area (Å²) in [6, 6.07) is 11.2. The van der Waals surface area contributed by atoms with Crippen molar-refractivity contribution >= 4 is 34.2 Å². The van der Waals surface area contributed by atoms with Crippen molar-refractivity contribution in [2.75, 3.05) is 19.0 Å². The highest BCUT2D eigenvalue weighted by molar-refractivity contribution is 14.1. The number of aryl methyl sites for hydroxylation is 1. The van der Waals surface area contributed by atoms with Crippen molar-refractivity contribution in [3.05, 3.63) is 51.1 Å². The molecule has 5 heteroatoms. The molecule has 2 rings (SSSR count). The van der Waals surface area contributed by atoms with Crippen LogP contribution in [0.1, 0.15) is 29.3 Å². The van der Waals surface area contributed by atoms with Gasteiger partial charge in [0, 0.05) is 11.3 Å². The summed E-state index contributed by atoms with van der Waals surface area (Å²) in [6.07, 6.45) is 0.912. The highest BCUT2D eigenvalue weighted by atomic mass is 127.